The van der Waals surface area contributed by atoms with Crippen molar-refractivity contribution in [1.82, 2.24) is 29.4 Å². The molecule has 0 spiro atoms. The molecule has 0 radical (unpaired) electrons. The van der Waals surface area contributed by atoms with Crippen LogP contribution in [0, 0.1) is 0 Å². The van der Waals surface area contributed by atoms with Crippen molar-refractivity contribution in [3.05, 3.63) is 35.9 Å². The molecular weight excluding hydrogens is 336 g/mol. The van der Waals surface area contributed by atoms with Crippen LogP contribution in [0.4, 0.5) is 0 Å². The highest BCUT2D eigenvalue weighted by atomic mass is 16.4. The summed E-state index contributed by atoms with van der Waals surface area (Å²) in [7, 11) is 0. The molecule has 1 amide bonds. The molecule has 1 saturated heterocycles. The number of aromatic nitrogens is 4. The van der Waals surface area contributed by atoms with Gasteiger partial charge in [-0.2, -0.15) is 10.2 Å². The number of rotatable bonds is 6. The summed E-state index contributed by atoms with van der Waals surface area (Å²) in [6.45, 7) is 8.39. The van der Waals surface area contributed by atoms with Gasteiger partial charge in [0, 0.05) is 57.2 Å². The van der Waals surface area contributed by atoms with Crippen molar-refractivity contribution in [3.8, 4) is 0 Å². The minimum atomic E-state index is -1.09. The van der Waals surface area contributed by atoms with Crippen LogP contribution < -0.4 is 0 Å². The topological polar surface area (TPSA) is 96.5 Å². The van der Waals surface area contributed by atoms with E-state index < -0.39 is 12.0 Å². The van der Waals surface area contributed by atoms with Crippen LogP contribution in [0.15, 0.2) is 24.7 Å². The quantitative estimate of drug-likeness (QED) is 0.815. The van der Waals surface area contributed by atoms with Crippen molar-refractivity contribution in [2.45, 2.75) is 33.0 Å². The number of amides is 1. The number of hydrogen-bond donors (Lipinski definition) is 1. The molecule has 9 nitrogen and oxygen atoms in total. The third-order valence-electron chi connectivity index (χ3n) is 4.68. The fraction of sp³-hybridized carbons (Fsp3) is 0.529. The summed E-state index contributed by atoms with van der Waals surface area (Å²) in [6, 6.07) is 0.887. The largest absolute Gasteiger partial charge is 0.476 e. The summed E-state index contributed by atoms with van der Waals surface area (Å²) in [5.74, 6) is -1.13. The Labute approximate surface area is 151 Å². The molecule has 0 aliphatic carbocycles. The second kappa shape index (κ2) is 7.69. The molecule has 1 fully saturated rings. The number of carboxylic acids is 1. The van der Waals surface area contributed by atoms with Crippen LogP contribution in [-0.4, -0.2) is 72.5 Å². The van der Waals surface area contributed by atoms with Gasteiger partial charge in [0.05, 0.1) is 6.20 Å². The lowest BCUT2D eigenvalue weighted by Gasteiger charge is -2.35. The Hall–Kier alpha value is -2.68. The lowest BCUT2D eigenvalue weighted by molar-refractivity contribution is -0.136. The minimum Gasteiger partial charge on any atom is -0.476 e. The normalized spacial score (nSPS) is 16.6. The molecular formula is C17H24N6O3. The van der Waals surface area contributed by atoms with Crippen molar-refractivity contribution < 1.29 is 14.7 Å². The van der Waals surface area contributed by atoms with E-state index >= 15 is 0 Å². The van der Waals surface area contributed by atoms with Gasteiger partial charge in [-0.3, -0.25) is 19.1 Å². The zero-order valence-corrected chi connectivity index (χ0v) is 15.1. The third kappa shape index (κ3) is 3.93. The summed E-state index contributed by atoms with van der Waals surface area (Å²) in [4.78, 5) is 27.7. The van der Waals surface area contributed by atoms with Gasteiger partial charge in [-0.15, -0.1) is 0 Å². The zero-order valence-electron chi connectivity index (χ0n) is 15.1. The number of hydrogen-bond acceptors (Lipinski definition) is 5. The fourth-order valence-corrected chi connectivity index (χ4v) is 3.09. The first-order valence-corrected chi connectivity index (χ1v) is 8.79. The molecule has 1 N–H and O–H groups in total. The SMILES string of the molecule is CCn1cc(CN2CCN(C(=O)C(C)n3ccc(C(=O)O)n3)CC2)cn1. The van der Waals surface area contributed by atoms with Crippen LogP contribution in [0.1, 0.15) is 35.9 Å². The van der Waals surface area contributed by atoms with Crippen molar-refractivity contribution >= 4 is 11.9 Å². The Kier molecular flexibility index (Phi) is 5.36. The summed E-state index contributed by atoms with van der Waals surface area (Å²) in [6.07, 6.45) is 5.48. The van der Waals surface area contributed by atoms with E-state index in [1.165, 1.54) is 22.5 Å². The Bertz CT molecular complexity index is 775. The zero-order chi connectivity index (χ0) is 18.7. The van der Waals surface area contributed by atoms with Gasteiger partial charge in [-0.1, -0.05) is 0 Å². The molecule has 9 heteroatoms. The molecule has 2 aromatic heterocycles. The Balaban J connectivity index is 1.53. The minimum absolute atomic E-state index is 0.0384. The van der Waals surface area contributed by atoms with Crippen molar-refractivity contribution in [2.75, 3.05) is 26.2 Å². The highest BCUT2D eigenvalue weighted by molar-refractivity contribution is 5.85. The summed E-state index contributed by atoms with van der Waals surface area (Å²) in [5.41, 5.74) is 1.12. The maximum Gasteiger partial charge on any atom is 0.356 e. The summed E-state index contributed by atoms with van der Waals surface area (Å²) < 4.78 is 3.32. The van der Waals surface area contributed by atoms with E-state index in [2.05, 4.69) is 28.2 Å². The molecule has 1 aliphatic rings. The van der Waals surface area contributed by atoms with Gasteiger partial charge in [-0.25, -0.2) is 4.79 Å². The predicted molar refractivity (Wildman–Crippen MR) is 93.7 cm³/mol. The first-order valence-electron chi connectivity index (χ1n) is 8.79. The van der Waals surface area contributed by atoms with E-state index in [-0.39, 0.29) is 11.6 Å². The van der Waals surface area contributed by atoms with Crippen LogP contribution in [0.3, 0.4) is 0 Å². The monoisotopic (exact) mass is 360 g/mol. The van der Waals surface area contributed by atoms with Crippen LogP contribution in [0.5, 0.6) is 0 Å². The Morgan fingerprint density at radius 3 is 2.58 bits per heavy atom. The molecule has 26 heavy (non-hydrogen) atoms. The molecule has 1 atom stereocenters. The highest BCUT2D eigenvalue weighted by Gasteiger charge is 2.26. The number of piperazine rings is 1. The summed E-state index contributed by atoms with van der Waals surface area (Å²) >= 11 is 0. The Morgan fingerprint density at radius 2 is 2.00 bits per heavy atom. The third-order valence-corrected chi connectivity index (χ3v) is 4.68. The van der Waals surface area contributed by atoms with E-state index in [0.29, 0.717) is 13.1 Å². The van der Waals surface area contributed by atoms with Crippen LogP contribution in [-0.2, 0) is 17.9 Å². The van der Waals surface area contributed by atoms with E-state index in [4.69, 9.17) is 5.11 Å². The van der Waals surface area contributed by atoms with Gasteiger partial charge in [-0.05, 0) is 19.9 Å². The van der Waals surface area contributed by atoms with Gasteiger partial charge in [0.1, 0.15) is 6.04 Å². The Morgan fingerprint density at radius 1 is 1.27 bits per heavy atom. The average Bonchev–Trinajstić information content (AvgIpc) is 3.30. The fourth-order valence-electron chi connectivity index (χ4n) is 3.09. The molecule has 0 saturated carbocycles. The number of nitrogens with zero attached hydrogens (tertiary/aromatic N) is 6. The highest BCUT2D eigenvalue weighted by Crippen LogP contribution is 2.14. The van der Waals surface area contributed by atoms with Gasteiger partial charge in [0.25, 0.3) is 0 Å². The predicted octanol–water partition coefficient (Wildman–Crippen LogP) is 0.703. The van der Waals surface area contributed by atoms with E-state index in [1.807, 2.05) is 15.8 Å². The van der Waals surface area contributed by atoms with Crippen molar-refractivity contribution in [2.24, 2.45) is 0 Å². The van der Waals surface area contributed by atoms with Gasteiger partial charge < -0.3 is 10.0 Å². The van der Waals surface area contributed by atoms with Crippen LogP contribution in [0.25, 0.3) is 0 Å². The van der Waals surface area contributed by atoms with E-state index in [1.54, 1.807) is 6.92 Å². The molecule has 1 aliphatic heterocycles. The lowest BCUT2D eigenvalue weighted by Crippen LogP contribution is -2.49. The standard InChI is InChI=1S/C17H24N6O3/c1-3-22-12-14(10-18-22)11-20-6-8-21(9-7-20)16(24)13(2)23-5-4-15(19-23)17(25)26/h4-5,10,12-13H,3,6-9,11H2,1-2H3,(H,25,26). The molecule has 3 heterocycles. The first-order chi connectivity index (χ1) is 12.5. The smallest absolute Gasteiger partial charge is 0.356 e. The lowest BCUT2D eigenvalue weighted by atomic mass is 10.2. The number of aromatic carboxylic acids is 1. The maximum absolute atomic E-state index is 12.7. The maximum atomic E-state index is 12.7. The molecule has 0 aromatic carbocycles. The van der Waals surface area contributed by atoms with Gasteiger partial charge >= 0.3 is 5.97 Å². The number of aryl methyl sites for hydroxylation is 1. The summed E-state index contributed by atoms with van der Waals surface area (Å²) in [5, 5.41) is 17.2. The average molecular weight is 360 g/mol. The second-order valence-electron chi connectivity index (χ2n) is 6.47. The van der Waals surface area contributed by atoms with Crippen molar-refractivity contribution in [1.29, 1.82) is 0 Å². The van der Waals surface area contributed by atoms with Gasteiger partial charge in [0.2, 0.25) is 5.91 Å². The number of carboxylic acid groups (broad SMARTS) is 1. The first kappa shape index (κ1) is 18.1. The molecule has 0 bridgehead atoms. The molecule has 140 valence electrons. The molecule has 1 unspecified atom stereocenters. The van der Waals surface area contributed by atoms with Crippen molar-refractivity contribution in [3.63, 3.8) is 0 Å². The second-order valence-corrected chi connectivity index (χ2v) is 6.47. The molecule has 3 rings (SSSR count). The van der Waals surface area contributed by atoms with E-state index in [9.17, 15) is 9.59 Å². The molecule has 2 aromatic rings. The van der Waals surface area contributed by atoms with Crippen LogP contribution >= 0.6 is 0 Å². The van der Waals surface area contributed by atoms with E-state index in [0.717, 1.165) is 26.2 Å². The number of carbonyl (C=O) groups is 2. The van der Waals surface area contributed by atoms with Gasteiger partial charge in [0.15, 0.2) is 5.69 Å². The number of carbonyl (C=O) groups excluding carboxylic acids is 1. The van der Waals surface area contributed by atoms with Crippen LogP contribution in [0.2, 0.25) is 0 Å².